The van der Waals surface area contributed by atoms with E-state index < -0.39 is 11.6 Å². The molecule has 6 heteroatoms. The largest absolute Gasteiger partial charge is 0.505 e. The average Bonchev–Trinajstić information content (AvgIpc) is 3.40. The van der Waals surface area contributed by atoms with E-state index in [1.807, 2.05) is 0 Å². The third-order valence-electron chi connectivity index (χ3n) is 5.05. The molecule has 1 heterocycles. The van der Waals surface area contributed by atoms with Gasteiger partial charge in [-0.3, -0.25) is 4.79 Å². The Labute approximate surface area is 134 Å². The SMILES string of the molecule is O=C(N[C@@H](C1CC1)C1(CO)CCOCC1)c1ccc(O)c(F)c1. The standard InChI is InChI=1S/C17H22FNO4/c18-13-9-12(3-4-14(13)21)16(22)19-15(11-1-2-11)17(10-20)5-7-23-8-6-17/h3-4,9,11,15,20-21H,1-2,5-8,10H2,(H,19,22)/t15-/m0/s1. The number of aliphatic hydroxyl groups is 1. The number of aliphatic hydroxyl groups excluding tert-OH is 1. The number of hydrogen-bond acceptors (Lipinski definition) is 4. The predicted octanol–water partition coefficient (Wildman–Crippen LogP) is 1.83. The van der Waals surface area contributed by atoms with Crippen molar-refractivity contribution in [2.75, 3.05) is 19.8 Å². The molecule has 2 aliphatic rings. The minimum atomic E-state index is -0.816. The molecule has 23 heavy (non-hydrogen) atoms. The van der Waals surface area contributed by atoms with Crippen molar-refractivity contribution in [2.24, 2.45) is 11.3 Å². The van der Waals surface area contributed by atoms with Gasteiger partial charge >= 0.3 is 0 Å². The lowest BCUT2D eigenvalue weighted by Crippen LogP contribution is -2.53. The minimum absolute atomic E-state index is 0.00173. The molecule has 126 valence electrons. The Kier molecular flexibility index (Phi) is 4.55. The van der Waals surface area contributed by atoms with Crippen molar-refractivity contribution in [1.29, 1.82) is 0 Å². The molecule has 2 fully saturated rings. The first kappa shape index (κ1) is 16.2. The first-order valence-electron chi connectivity index (χ1n) is 8.04. The summed E-state index contributed by atoms with van der Waals surface area (Å²) in [6.07, 6.45) is 3.46. The fourth-order valence-electron chi connectivity index (χ4n) is 3.42. The Morgan fingerprint density at radius 1 is 1.39 bits per heavy atom. The Bertz CT molecular complexity index is 582. The average molecular weight is 323 g/mol. The van der Waals surface area contributed by atoms with Crippen molar-refractivity contribution in [3.63, 3.8) is 0 Å². The number of halogens is 1. The molecule has 1 aliphatic heterocycles. The molecule has 0 spiro atoms. The molecular formula is C17H22FNO4. The molecule has 1 aromatic rings. The van der Waals surface area contributed by atoms with E-state index in [1.165, 1.54) is 12.1 Å². The van der Waals surface area contributed by atoms with E-state index in [2.05, 4.69) is 5.32 Å². The van der Waals surface area contributed by atoms with Crippen LogP contribution in [0.15, 0.2) is 18.2 Å². The van der Waals surface area contributed by atoms with Gasteiger partial charge in [-0.25, -0.2) is 4.39 Å². The van der Waals surface area contributed by atoms with Gasteiger partial charge in [0.2, 0.25) is 0 Å². The van der Waals surface area contributed by atoms with E-state index in [-0.39, 0.29) is 29.5 Å². The number of ether oxygens (including phenoxy) is 1. The number of benzene rings is 1. The molecule has 3 rings (SSSR count). The lowest BCUT2D eigenvalue weighted by atomic mass is 9.72. The Morgan fingerprint density at radius 3 is 2.65 bits per heavy atom. The summed E-state index contributed by atoms with van der Waals surface area (Å²) in [4.78, 5) is 12.5. The van der Waals surface area contributed by atoms with Gasteiger partial charge in [0.1, 0.15) is 0 Å². The second kappa shape index (κ2) is 6.45. The zero-order valence-corrected chi connectivity index (χ0v) is 12.9. The van der Waals surface area contributed by atoms with Crippen LogP contribution >= 0.6 is 0 Å². The summed E-state index contributed by atoms with van der Waals surface area (Å²) in [7, 11) is 0. The Morgan fingerprint density at radius 2 is 2.09 bits per heavy atom. The topological polar surface area (TPSA) is 78.8 Å². The van der Waals surface area contributed by atoms with Crippen LogP contribution in [0.25, 0.3) is 0 Å². The fourth-order valence-corrected chi connectivity index (χ4v) is 3.42. The maximum Gasteiger partial charge on any atom is 0.251 e. The van der Waals surface area contributed by atoms with Crippen molar-refractivity contribution in [3.05, 3.63) is 29.6 Å². The quantitative estimate of drug-likeness (QED) is 0.772. The molecule has 1 aliphatic carbocycles. The predicted molar refractivity (Wildman–Crippen MR) is 81.6 cm³/mol. The van der Waals surface area contributed by atoms with Crippen molar-refractivity contribution in [3.8, 4) is 5.75 Å². The number of rotatable bonds is 5. The van der Waals surface area contributed by atoms with Gasteiger partial charge in [-0.15, -0.1) is 0 Å². The zero-order chi connectivity index (χ0) is 16.4. The molecule has 1 aromatic carbocycles. The van der Waals surface area contributed by atoms with E-state index in [4.69, 9.17) is 4.74 Å². The summed E-state index contributed by atoms with van der Waals surface area (Å²) in [6, 6.07) is 3.46. The first-order valence-corrected chi connectivity index (χ1v) is 8.04. The van der Waals surface area contributed by atoms with E-state index in [0.29, 0.717) is 32.0 Å². The van der Waals surface area contributed by atoms with Gasteiger partial charge in [0.05, 0.1) is 6.61 Å². The van der Waals surface area contributed by atoms with Gasteiger partial charge in [-0.05, 0) is 49.8 Å². The number of phenols is 1. The summed E-state index contributed by atoms with van der Waals surface area (Å²) in [5.74, 6) is -1.31. The molecular weight excluding hydrogens is 301 g/mol. The van der Waals surface area contributed by atoms with Gasteiger partial charge in [0, 0.05) is 30.2 Å². The molecule has 5 nitrogen and oxygen atoms in total. The van der Waals surface area contributed by atoms with Gasteiger partial charge in [0.15, 0.2) is 11.6 Å². The number of phenolic OH excluding ortho intramolecular Hbond substituents is 1. The van der Waals surface area contributed by atoms with Crippen LogP contribution in [0.3, 0.4) is 0 Å². The maximum absolute atomic E-state index is 13.5. The summed E-state index contributed by atoms with van der Waals surface area (Å²) >= 11 is 0. The summed E-state index contributed by atoms with van der Waals surface area (Å²) in [6.45, 7) is 1.16. The number of hydrogen-bond donors (Lipinski definition) is 3. The number of carbonyl (C=O) groups excluding carboxylic acids is 1. The van der Waals surface area contributed by atoms with Gasteiger partial charge in [-0.2, -0.15) is 0 Å². The highest BCUT2D eigenvalue weighted by Gasteiger charge is 2.47. The molecule has 0 radical (unpaired) electrons. The normalized spacial score (nSPS) is 21.7. The summed E-state index contributed by atoms with van der Waals surface area (Å²) in [5, 5.41) is 22.2. The van der Waals surface area contributed by atoms with Crippen LogP contribution in [0, 0.1) is 17.2 Å². The number of nitrogens with one attached hydrogen (secondary N) is 1. The van der Waals surface area contributed by atoms with Crippen LogP contribution in [0.4, 0.5) is 4.39 Å². The molecule has 0 aromatic heterocycles. The molecule has 0 bridgehead atoms. The second-order valence-electron chi connectivity index (χ2n) is 6.59. The maximum atomic E-state index is 13.5. The van der Waals surface area contributed by atoms with E-state index in [0.717, 1.165) is 18.9 Å². The van der Waals surface area contributed by atoms with Crippen molar-refractivity contribution in [1.82, 2.24) is 5.32 Å². The third kappa shape index (κ3) is 3.33. The minimum Gasteiger partial charge on any atom is -0.505 e. The van der Waals surface area contributed by atoms with Gasteiger partial charge in [0.25, 0.3) is 5.91 Å². The van der Waals surface area contributed by atoms with Gasteiger partial charge in [-0.1, -0.05) is 0 Å². The number of amides is 1. The number of carbonyl (C=O) groups is 1. The van der Waals surface area contributed by atoms with Crippen LogP contribution in [0.5, 0.6) is 5.75 Å². The van der Waals surface area contributed by atoms with E-state index in [1.54, 1.807) is 0 Å². The Hall–Kier alpha value is -1.66. The van der Waals surface area contributed by atoms with E-state index >= 15 is 0 Å². The lowest BCUT2D eigenvalue weighted by molar-refractivity contribution is -0.0403. The van der Waals surface area contributed by atoms with Crippen LogP contribution in [-0.2, 0) is 4.74 Å². The highest BCUT2D eigenvalue weighted by molar-refractivity contribution is 5.94. The number of aromatic hydroxyl groups is 1. The second-order valence-corrected chi connectivity index (χ2v) is 6.59. The lowest BCUT2D eigenvalue weighted by Gasteiger charge is -2.42. The van der Waals surface area contributed by atoms with Crippen LogP contribution in [0.2, 0.25) is 0 Å². The fraction of sp³-hybridized carbons (Fsp3) is 0.588. The Balaban J connectivity index is 1.79. The van der Waals surface area contributed by atoms with Crippen molar-refractivity contribution >= 4 is 5.91 Å². The first-order chi connectivity index (χ1) is 11.1. The van der Waals surface area contributed by atoms with Crippen LogP contribution in [-0.4, -0.2) is 42.0 Å². The van der Waals surface area contributed by atoms with Crippen LogP contribution in [0.1, 0.15) is 36.0 Å². The van der Waals surface area contributed by atoms with Crippen molar-refractivity contribution in [2.45, 2.75) is 31.7 Å². The zero-order valence-electron chi connectivity index (χ0n) is 12.9. The highest BCUT2D eigenvalue weighted by Crippen LogP contribution is 2.45. The smallest absolute Gasteiger partial charge is 0.251 e. The van der Waals surface area contributed by atoms with E-state index in [9.17, 15) is 19.4 Å². The summed E-state index contributed by atoms with van der Waals surface area (Å²) in [5.41, 5.74) is -0.198. The highest BCUT2D eigenvalue weighted by atomic mass is 19.1. The van der Waals surface area contributed by atoms with Gasteiger partial charge < -0.3 is 20.3 Å². The molecule has 1 saturated carbocycles. The third-order valence-corrected chi connectivity index (χ3v) is 5.05. The molecule has 0 unspecified atom stereocenters. The summed E-state index contributed by atoms with van der Waals surface area (Å²) < 4.78 is 18.9. The molecule has 1 amide bonds. The van der Waals surface area contributed by atoms with Crippen LogP contribution < -0.4 is 5.32 Å². The molecule has 1 atom stereocenters. The van der Waals surface area contributed by atoms with Crippen molar-refractivity contribution < 1.29 is 24.1 Å². The monoisotopic (exact) mass is 323 g/mol. The molecule has 3 N–H and O–H groups in total. The molecule has 1 saturated heterocycles.